The number of benzene rings is 2. The van der Waals surface area contributed by atoms with Gasteiger partial charge in [-0.05, 0) is 42.3 Å². The third-order valence-electron chi connectivity index (χ3n) is 5.73. The zero-order valence-corrected chi connectivity index (χ0v) is 18.3. The third kappa shape index (κ3) is 5.39. The van der Waals surface area contributed by atoms with Crippen LogP contribution in [0.15, 0.2) is 72.8 Å². The Hall–Kier alpha value is -3.09. The molecule has 5 nitrogen and oxygen atoms in total. The minimum Gasteiger partial charge on any atom is -0.461 e. The molecule has 0 bridgehead atoms. The summed E-state index contributed by atoms with van der Waals surface area (Å²) in [5.74, 6) is -0.602. The van der Waals surface area contributed by atoms with Gasteiger partial charge >= 0.3 is 5.97 Å². The van der Waals surface area contributed by atoms with Gasteiger partial charge in [0.15, 0.2) is 0 Å². The minimum atomic E-state index is -0.389. The van der Waals surface area contributed by atoms with E-state index in [0.717, 1.165) is 43.0 Å². The van der Waals surface area contributed by atoms with E-state index in [4.69, 9.17) is 4.74 Å². The molecular weight excluding hydrogens is 405 g/mol. The molecule has 0 N–H and O–H groups in total. The van der Waals surface area contributed by atoms with Crippen molar-refractivity contribution in [2.24, 2.45) is 0 Å². The van der Waals surface area contributed by atoms with Crippen LogP contribution in [0.5, 0.6) is 0 Å². The smallest absolute Gasteiger partial charge is 0.356 e. The molecule has 1 atom stereocenters. The summed E-state index contributed by atoms with van der Waals surface area (Å²) in [6.45, 7) is 6.24. The highest BCUT2D eigenvalue weighted by Gasteiger charge is 2.27. The first-order valence-electron chi connectivity index (χ1n) is 11.0. The summed E-state index contributed by atoms with van der Waals surface area (Å²) in [5.41, 5.74) is 3.33. The number of halogens is 1. The van der Waals surface area contributed by atoms with Gasteiger partial charge in [-0.15, -0.1) is 0 Å². The fourth-order valence-electron chi connectivity index (χ4n) is 4.22. The van der Waals surface area contributed by atoms with Crippen LogP contribution in [0.3, 0.4) is 0 Å². The predicted molar refractivity (Wildman–Crippen MR) is 122 cm³/mol. The second-order valence-electron chi connectivity index (χ2n) is 7.91. The normalized spacial score (nSPS) is 15.9. The Morgan fingerprint density at radius 2 is 1.69 bits per heavy atom. The maximum Gasteiger partial charge on any atom is 0.356 e. The van der Waals surface area contributed by atoms with Gasteiger partial charge in [-0.2, -0.15) is 0 Å². The van der Waals surface area contributed by atoms with Crippen LogP contribution in [0.25, 0.3) is 0 Å². The molecule has 2 aromatic carbocycles. The number of aromatic nitrogens is 1. The van der Waals surface area contributed by atoms with Crippen molar-refractivity contribution in [3.05, 3.63) is 101 Å². The van der Waals surface area contributed by atoms with Gasteiger partial charge in [-0.3, -0.25) is 9.80 Å². The summed E-state index contributed by atoms with van der Waals surface area (Å²) < 4.78 is 19.0. The van der Waals surface area contributed by atoms with Gasteiger partial charge in [0.25, 0.3) is 0 Å². The molecule has 6 heteroatoms. The standard InChI is InChI=1S/C26H28FN3O2/c1-2-32-26(31)24-13-7-12-23(28-24)19-29-14-16-30(17-15-29)25(20-8-4-3-5-9-20)21-10-6-11-22(27)18-21/h3-13,18,25H,2,14-17,19H2,1H3. The Kier molecular flexibility index (Phi) is 7.24. The number of nitrogens with zero attached hydrogens (tertiary/aromatic N) is 3. The average molecular weight is 434 g/mol. The molecule has 3 aromatic rings. The number of esters is 1. The highest BCUT2D eigenvalue weighted by molar-refractivity contribution is 5.87. The van der Waals surface area contributed by atoms with Gasteiger partial charge in [0.1, 0.15) is 11.5 Å². The van der Waals surface area contributed by atoms with Crippen LogP contribution in [0, 0.1) is 5.82 Å². The van der Waals surface area contributed by atoms with Crippen LogP contribution < -0.4 is 0 Å². The Morgan fingerprint density at radius 1 is 0.969 bits per heavy atom. The van der Waals surface area contributed by atoms with Gasteiger partial charge in [-0.25, -0.2) is 14.2 Å². The van der Waals surface area contributed by atoms with Crippen LogP contribution in [0.2, 0.25) is 0 Å². The summed E-state index contributed by atoms with van der Waals surface area (Å²) in [5, 5.41) is 0. The number of hydrogen-bond donors (Lipinski definition) is 0. The molecule has 0 amide bonds. The topological polar surface area (TPSA) is 45.7 Å². The molecule has 0 spiro atoms. The van der Waals surface area contributed by atoms with E-state index in [1.807, 2.05) is 36.4 Å². The zero-order valence-electron chi connectivity index (χ0n) is 18.3. The minimum absolute atomic E-state index is 0.0133. The van der Waals surface area contributed by atoms with Crippen molar-refractivity contribution >= 4 is 5.97 Å². The molecule has 1 aliphatic heterocycles. The van der Waals surface area contributed by atoms with E-state index in [2.05, 4.69) is 26.9 Å². The van der Waals surface area contributed by atoms with Crippen LogP contribution in [-0.4, -0.2) is 53.5 Å². The number of piperazine rings is 1. The van der Waals surface area contributed by atoms with Crippen molar-refractivity contribution in [2.75, 3.05) is 32.8 Å². The van der Waals surface area contributed by atoms with Gasteiger partial charge in [-0.1, -0.05) is 48.5 Å². The second kappa shape index (κ2) is 10.5. The molecule has 4 rings (SSSR count). The fraction of sp³-hybridized carbons (Fsp3) is 0.308. The lowest BCUT2D eigenvalue weighted by Crippen LogP contribution is -2.47. The second-order valence-corrected chi connectivity index (χ2v) is 7.91. The fourth-order valence-corrected chi connectivity index (χ4v) is 4.22. The summed E-state index contributed by atoms with van der Waals surface area (Å²) in [4.78, 5) is 21.2. The number of pyridine rings is 1. The first-order chi connectivity index (χ1) is 15.6. The molecule has 1 aromatic heterocycles. The van der Waals surface area contributed by atoms with E-state index in [1.54, 1.807) is 25.1 Å². The largest absolute Gasteiger partial charge is 0.461 e. The van der Waals surface area contributed by atoms with Crippen molar-refractivity contribution in [1.82, 2.24) is 14.8 Å². The lowest BCUT2D eigenvalue weighted by Gasteiger charge is -2.39. The number of carbonyl (C=O) groups is 1. The van der Waals surface area contributed by atoms with Crippen molar-refractivity contribution in [2.45, 2.75) is 19.5 Å². The Balaban J connectivity index is 1.45. The van der Waals surface area contributed by atoms with Gasteiger partial charge in [0.05, 0.1) is 18.3 Å². The number of rotatable bonds is 7. The van der Waals surface area contributed by atoms with E-state index >= 15 is 0 Å². The summed E-state index contributed by atoms with van der Waals surface area (Å²) >= 11 is 0. The Bertz CT molecular complexity index is 1040. The lowest BCUT2D eigenvalue weighted by molar-refractivity contribution is 0.0518. The highest BCUT2D eigenvalue weighted by atomic mass is 19.1. The molecule has 1 aliphatic rings. The van der Waals surface area contributed by atoms with Crippen LogP contribution in [0.4, 0.5) is 4.39 Å². The molecule has 0 radical (unpaired) electrons. The van der Waals surface area contributed by atoms with Crippen molar-refractivity contribution in [3.63, 3.8) is 0 Å². The van der Waals surface area contributed by atoms with E-state index in [0.29, 0.717) is 18.8 Å². The molecule has 166 valence electrons. The summed E-state index contributed by atoms with van der Waals surface area (Å²) in [7, 11) is 0. The lowest BCUT2D eigenvalue weighted by atomic mass is 9.96. The van der Waals surface area contributed by atoms with Gasteiger partial charge in [0.2, 0.25) is 0 Å². The van der Waals surface area contributed by atoms with E-state index in [-0.39, 0.29) is 17.8 Å². The molecule has 1 saturated heterocycles. The van der Waals surface area contributed by atoms with Crippen molar-refractivity contribution in [3.8, 4) is 0 Å². The average Bonchev–Trinajstić information content (AvgIpc) is 2.82. The van der Waals surface area contributed by atoms with Crippen molar-refractivity contribution < 1.29 is 13.9 Å². The third-order valence-corrected chi connectivity index (χ3v) is 5.73. The Morgan fingerprint density at radius 3 is 2.41 bits per heavy atom. The van der Waals surface area contributed by atoms with Gasteiger partial charge < -0.3 is 4.74 Å². The van der Waals surface area contributed by atoms with Crippen LogP contribution >= 0.6 is 0 Å². The SMILES string of the molecule is CCOC(=O)c1cccc(CN2CCN(C(c3ccccc3)c3cccc(F)c3)CC2)n1. The highest BCUT2D eigenvalue weighted by Crippen LogP contribution is 2.30. The molecule has 0 aliphatic carbocycles. The van der Waals surface area contributed by atoms with E-state index < -0.39 is 0 Å². The number of hydrogen-bond acceptors (Lipinski definition) is 5. The summed E-state index contributed by atoms with van der Waals surface area (Å²) in [6.07, 6.45) is 0. The maximum absolute atomic E-state index is 14.0. The van der Waals surface area contributed by atoms with E-state index in [9.17, 15) is 9.18 Å². The molecule has 0 saturated carbocycles. The Labute approximate surface area is 188 Å². The monoisotopic (exact) mass is 433 g/mol. The molecular formula is C26H28FN3O2. The van der Waals surface area contributed by atoms with Crippen LogP contribution in [0.1, 0.15) is 40.3 Å². The number of ether oxygens (including phenoxy) is 1. The maximum atomic E-state index is 14.0. The van der Waals surface area contributed by atoms with Crippen LogP contribution in [-0.2, 0) is 11.3 Å². The molecule has 2 heterocycles. The predicted octanol–water partition coefficient (Wildman–Crippen LogP) is 4.30. The molecule has 1 fully saturated rings. The quantitative estimate of drug-likeness (QED) is 0.520. The molecule has 32 heavy (non-hydrogen) atoms. The molecule has 1 unspecified atom stereocenters. The first kappa shape index (κ1) is 22.1. The first-order valence-corrected chi connectivity index (χ1v) is 11.0. The van der Waals surface area contributed by atoms with E-state index in [1.165, 1.54) is 6.07 Å². The summed E-state index contributed by atoms with van der Waals surface area (Å²) in [6, 6.07) is 22.6. The number of carbonyl (C=O) groups excluding carboxylic acids is 1. The zero-order chi connectivity index (χ0) is 22.3. The van der Waals surface area contributed by atoms with Gasteiger partial charge in [0, 0.05) is 32.7 Å². The van der Waals surface area contributed by atoms with Crippen molar-refractivity contribution in [1.29, 1.82) is 0 Å².